The Morgan fingerprint density at radius 2 is 1.20 bits per heavy atom. The highest BCUT2D eigenvalue weighted by Gasteiger charge is 2.26. The van der Waals surface area contributed by atoms with Gasteiger partial charge >= 0.3 is 0 Å². The third-order valence-corrected chi connectivity index (χ3v) is 3.73. The first-order valence-electron chi connectivity index (χ1n) is 5.56. The Kier molecular flexibility index (Phi) is 4.46. The van der Waals surface area contributed by atoms with Gasteiger partial charge in [0.25, 0.3) is 0 Å². The molecular weight excluding hydrogens is 224 g/mol. The van der Waals surface area contributed by atoms with Crippen LogP contribution in [-0.2, 0) is 0 Å². The number of thiocarbonyl (C=S) groups is 2. The van der Waals surface area contributed by atoms with Gasteiger partial charge in [-0.1, -0.05) is 24.4 Å². The van der Waals surface area contributed by atoms with Gasteiger partial charge < -0.3 is 9.80 Å². The van der Waals surface area contributed by atoms with Gasteiger partial charge in [0.05, 0.1) is 0 Å². The second-order valence-electron chi connectivity index (χ2n) is 4.54. The van der Waals surface area contributed by atoms with Crippen LogP contribution in [0.2, 0.25) is 0 Å². The lowest BCUT2D eigenvalue weighted by atomic mass is 10.3. The maximum Gasteiger partial charge on any atom is 0.137 e. The molecule has 1 aliphatic rings. The van der Waals surface area contributed by atoms with Crippen molar-refractivity contribution >= 4 is 34.4 Å². The van der Waals surface area contributed by atoms with E-state index in [0.717, 1.165) is 29.5 Å². The van der Waals surface area contributed by atoms with Crippen LogP contribution in [0.1, 0.15) is 34.1 Å². The summed E-state index contributed by atoms with van der Waals surface area (Å²) < 4.78 is 0. The molecule has 1 saturated heterocycles. The van der Waals surface area contributed by atoms with E-state index in [1.54, 1.807) is 0 Å². The van der Waals surface area contributed by atoms with Crippen LogP contribution in [0, 0.1) is 0 Å². The number of nitrogens with zero attached hydrogens (tertiary/aromatic N) is 2. The number of hydrogen-bond donors (Lipinski definition) is 0. The molecule has 1 fully saturated rings. The molecule has 0 unspecified atom stereocenters. The summed E-state index contributed by atoms with van der Waals surface area (Å²) in [4.78, 5) is 6.18. The van der Waals surface area contributed by atoms with Gasteiger partial charge in [-0.2, -0.15) is 0 Å². The van der Waals surface area contributed by atoms with Gasteiger partial charge in [0.1, 0.15) is 9.98 Å². The molecule has 0 saturated carbocycles. The molecule has 0 N–H and O–H groups in total. The van der Waals surface area contributed by atoms with Crippen LogP contribution < -0.4 is 0 Å². The molecule has 1 heterocycles. The molecule has 0 aromatic rings. The van der Waals surface area contributed by atoms with Crippen molar-refractivity contribution in [2.45, 2.75) is 46.2 Å². The Bertz CT molecular complexity index is 235. The molecular formula is C11H20N2S2. The minimum atomic E-state index is 0.447. The van der Waals surface area contributed by atoms with Crippen LogP contribution in [-0.4, -0.2) is 45.0 Å². The molecule has 15 heavy (non-hydrogen) atoms. The standard InChI is InChI=1S/C11H20N2S2/c1-8(2)12-6-5-7-13(9(3)4)11(15)10(12)14/h8-9H,5-7H2,1-4H3. The molecule has 0 aliphatic carbocycles. The van der Waals surface area contributed by atoms with Gasteiger partial charge in [0.2, 0.25) is 0 Å². The van der Waals surface area contributed by atoms with Gasteiger partial charge in [-0.15, -0.1) is 0 Å². The lowest BCUT2D eigenvalue weighted by Crippen LogP contribution is -2.44. The molecule has 0 amide bonds. The first kappa shape index (κ1) is 12.8. The third kappa shape index (κ3) is 2.88. The molecule has 0 atom stereocenters. The summed E-state index contributed by atoms with van der Waals surface area (Å²) in [6.07, 6.45) is 1.14. The first-order valence-corrected chi connectivity index (χ1v) is 6.38. The zero-order chi connectivity index (χ0) is 11.6. The Labute approximate surface area is 104 Å². The van der Waals surface area contributed by atoms with Crippen LogP contribution in [0.4, 0.5) is 0 Å². The van der Waals surface area contributed by atoms with E-state index < -0.39 is 0 Å². The topological polar surface area (TPSA) is 6.48 Å². The van der Waals surface area contributed by atoms with E-state index in [-0.39, 0.29) is 0 Å². The summed E-state index contributed by atoms with van der Waals surface area (Å²) in [5.41, 5.74) is 0. The molecule has 0 spiro atoms. The number of rotatable bonds is 2. The van der Waals surface area contributed by atoms with Crippen LogP contribution in [0.5, 0.6) is 0 Å². The van der Waals surface area contributed by atoms with Gasteiger partial charge in [-0.3, -0.25) is 0 Å². The highest BCUT2D eigenvalue weighted by molar-refractivity contribution is 7.89. The molecule has 4 heteroatoms. The van der Waals surface area contributed by atoms with E-state index in [1.165, 1.54) is 0 Å². The van der Waals surface area contributed by atoms with Crippen molar-refractivity contribution in [1.29, 1.82) is 0 Å². The highest BCUT2D eigenvalue weighted by Crippen LogP contribution is 2.14. The third-order valence-electron chi connectivity index (χ3n) is 2.75. The van der Waals surface area contributed by atoms with Crippen LogP contribution in [0.15, 0.2) is 0 Å². The Hall–Kier alpha value is -0.220. The normalized spacial score (nSPS) is 19.1. The minimum absolute atomic E-state index is 0.447. The Balaban J connectivity index is 2.84. The van der Waals surface area contributed by atoms with Gasteiger partial charge in [0, 0.05) is 25.2 Å². The van der Waals surface area contributed by atoms with Crippen molar-refractivity contribution in [2.24, 2.45) is 0 Å². The van der Waals surface area contributed by atoms with E-state index in [9.17, 15) is 0 Å². The lowest BCUT2D eigenvalue weighted by molar-refractivity contribution is 0.327. The molecule has 0 aromatic heterocycles. The van der Waals surface area contributed by atoms with Crippen molar-refractivity contribution in [1.82, 2.24) is 9.80 Å². The van der Waals surface area contributed by atoms with E-state index in [2.05, 4.69) is 37.5 Å². The molecule has 1 rings (SSSR count). The van der Waals surface area contributed by atoms with E-state index in [4.69, 9.17) is 24.4 Å². The predicted molar refractivity (Wildman–Crippen MR) is 73.5 cm³/mol. The predicted octanol–water partition coefficient (Wildman–Crippen LogP) is 2.47. The second kappa shape index (κ2) is 5.21. The summed E-state index contributed by atoms with van der Waals surface area (Å²) in [6, 6.07) is 0.894. The van der Waals surface area contributed by atoms with E-state index >= 15 is 0 Å². The summed E-state index contributed by atoms with van der Waals surface area (Å²) in [5.74, 6) is 0. The zero-order valence-electron chi connectivity index (χ0n) is 9.99. The van der Waals surface area contributed by atoms with Crippen LogP contribution in [0.3, 0.4) is 0 Å². The maximum atomic E-state index is 5.45. The Morgan fingerprint density at radius 3 is 1.47 bits per heavy atom. The van der Waals surface area contributed by atoms with Gasteiger partial charge in [-0.05, 0) is 34.1 Å². The summed E-state index contributed by atoms with van der Waals surface area (Å²) in [7, 11) is 0. The molecule has 86 valence electrons. The van der Waals surface area contributed by atoms with Crippen molar-refractivity contribution in [3.8, 4) is 0 Å². The summed E-state index contributed by atoms with van der Waals surface area (Å²) >= 11 is 10.9. The first-order chi connectivity index (χ1) is 6.95. The highest BCUT2D eigenvalue weighted by atomic mass is 32.1. The minimum Gasteiger partial charge on any atom is -0.358 e. The molecule has 2 nitrogen and oxygen atoms in total. The Morgan fingerprint density at radius 1 is 0.867 bits per heavy atom. The number of hydrogen-bond acceptors (Lipinski definition) is 2. The van der Waals surface area contributed by atoms with Gasteiger partial charge in [-0.25, -0.2) is 0 Å². The van der Waals surface area contributed by atoms with Crippen molar-refractivity contribution in [3.63, 3.8) is 0 Å². The summed E-state index contributed by atoms with van der Waals surface area (Å²) in [6.45, 7) is 10.7. The fourth-order valence-electron chi connectivity index (χ4n) is 1.85. The molecule has 1 aliphatic heterocycles. The molecule has 0 radical (unpaired) electrons. The van der Waals surface area contributed by atoms with Crippen molar-refractivity contribution in [3.05, 3.63) is 0 Å². The quantitative estimate of drug-likeness (QED) is 0.688. The average Bonchev–Trinajstić information content (AvgIpc) is 2.27. The average molecular weight is 244 g/mol. The largest absolute Gasteiger partial charge is 0.358 e. The molecule has 0 aromatic carbocycles. The van der Waals surface area contributed by atoms with Gasteiger partial charge in [0.15, 0.2) is 0 Å². The second-order valence-corrected chi connectivity index (χ2v) is 5.31. The fraction of sp³-hybridized carbons (Fsp3) is 0.818. The van der Waals surface area contributed by atoms with Crippen LogP contribution >= 0.6 is 24.4 Å². The lowest BCUT2D eigenvalue weighted by Gasteiger charge is -2.30. The van der Waals surface area contributed by atoms with Crippen LogP contribution in [0.25, 0.3) is 0 Å². The monoisotopic (exact) mass is 244 g/mol. The summed E-state index contributed by atoms with van der Waals surface area (Å²) in [5, 5.41) is 0. The smallest absolute Gasteiger partial charge is 0.137 e. The fourth-order valence-corrected chi connectivity index (χ4v) is 2.68. The van der Waals surface area contributed by atoms with E-state index in [0.29, 0.717) is 12.1 Å². The van der Waals surface area contributed by atoms with E-state index in [1.807, 2.05) is 0 Å². The maximum absolute atomic E-state index is 5.45. The van der Waals surface area contributed by atoms with Crippen molar-refractivity contribution < 1.29 is 0 Å². The SMILES string of the molecule is CC(C)N1CCCN(C(C)C)C(=S)C1=S. The molecule has 0 bridgehead atoms. The zero-order valence-corrected chi connectivity index (χ0v) is 11.6. The van der Waals surface area contributed by atoms with Crippen molar-refractivity contribution in [2.75, 3.05) is 13.1 Å².